The molecule has 0 N–H and O–H groups in total. The van der Waals surface area contributed by atoms with Gasteiger partial charge in [0, 0.05) is 38.2 Å². The normalized spacial score (nSPS) is 15.2. The highest BCUT2D eigenvalue weighted by Gasteiger charge is 2.26. The van der Waals surface area contributed by atoms with Crippen molar-refractivity contribution in [3.8, 4) is 11.6 Å². The van der Waals surface area contributed by atoms with E-state index in [1.165, 1.54) is 6.33 Å². The highest BCUT2D eigenvalue weighted by molar-refractivity contribution is 6.32. The van der Waals surface area contributed by atoms with Crippen LogP contribution in [-0.2, 0) is 4.79 Å². The third-order valence-corrected chi connectivity index (χ3v) is 5.90. The van der Waals surface area contributed by atoms with Crippen molar-refractivity contribution in [2.24, 2.45) is 5.92 Å². The fraction of sp³-hybridized carbons (Fsp3) is 0.522. The Morgan fingerprint density at radius 2 is 1.93 bits per heavy atom. The molecule has 0 radical (unpaired) electrons. The maximum absolute atomic E-state index is 12.8. The number of ether oxygens (including phenoxy) is 1. The lowest BCUT2D eigenvalue weighted by molar-refractivity contribution is -0.136. The molecular weight excluding hydrogens is 400 g/mol. The predicted octanol–water partition coefficient (Wildman–Crippen LogP) is 5.10. The number of halogens is 1. The van der Waals surface area contributed by atoms with Gasteiger partial charge in [0.1, 0.15) is 17.9 Å². The standard InChI is InChI=1S/C23H31ClN4O2/c1-4-6-7-18(5-2)23(29)28-12-10-27(11-13-28)21-15-22(26-16-25-21)30-20-14-17(3)8-9-19(20)24/h8-9,14-16,18H,4-7,10-13H2,1-3H3. The summed E-state index contributed by atoms with van der Waals surface area (Å²) in [5.41, 5.74) is 1.06. The number of benzene rings is 1. The summed E-state index contributed by atoms with van der Waals surface area (Å²) in [5, 5.41) is 0.543. The average Bonchev–Trinajstić information content (AvgIpc) is 2.77. The van der Waals surface area contributed by atoms with Crippen LogP contribution in [0.2, 0.25) is 5.02 Å². The lowest BCUT2D eigenvalue weighted by Gasteiger charge is -2.37. The molecule has 0 spiro atoms. The van der Waals surface area contributed by atoms with Crippen molar-refractivity contribution in [2.75, 3.05) is 31.1 Å². The molecule has 2 aromatic rings. The second-order valence-corrected chi connectivity index (χ2v) is 8.22. The van der Waals surface area contributed by atoms with Crippen LogP contribution in [0.3, 0.4) is 0 Å². The first-order chi connectivity index (χ1) is 14.5. The fourth-order valence-electron chi connectivity index (χ4n) is 3.73. The van der Waals surface area contributed by atoms with E-state index in [1.807, 2.05) is 36.1 Å². The first kappa shape index (κ1) is 22.3. The van der Waals surface area contributed by atoms with Gasteiger partial charge in [0.05, 0.1) is 5.02 Å². The van der Waals surface area contributed by atoms with Gasteiger partial charge in [0.2, 0.25) is 11.8 Å². The molecule has 3 rings (SSSR count). The van der Waals surface area contributed by atoms with E-state index < -0.39 is 0 Å². The molecule has 1 aliphatic heterocycles. The molecule has 1 aromatic heterocycles. The molecule has 2 heterocycles. The second kappa shape index (κ2) is 10.6. The minimum absolute atomic E-state index is 0.148. The smallest absolute Gasteiger partial charge is 0.225 e. The van der Waals surface area contributed by atoms with Crippen LogP contribution in [-0.4, -0.2) is 47.0 Å². The first-order valence-electron chi connectivity index (χ1n) is 10.8. The molecule has 1 amide bonds. The monoisotopic (exact) mass is 430 g/mol. The van der Waals surface area contributed by atoms with Crippen LogP contribution in [0.15, 0.2) is 30.6 Å². The van der Waals surface area contributed by atoms with Gasteiger partial charge in [-0.2, -0.15) is 0 Å². The first-order valence-corrected chi connectivity index (χ1v) is 11.2. The number of hydrogen-bond acceptors (Lipinski definition) is 5. The van der Waals surface area contributed by atoms with Crippen LogP contribution in [0.1, 0.15) is 45.1 Å². The van der Waals surface area contributed by atoms with Crippen LogP contribution >= 0.6 is 11.6 Å². The Hall–Kier alpha value is -2.34. The number of carbonyl (C=O) groups is 1. The lowest BCUT2D eigenvalue weighted by Crippen LogP contribution is -2.50. The zero-order chi connectivity index (χ0) is 21.5. The minimum Gasteiger partial charge on any atom is -0.437 e. The number of anilines is 1. The number of amides is 1. The van der Waals surface area contributed by atoms with E-state index in [9.17, 15) is 4.79 Å². The van der Waals surface area contributed by atoms with Crippen LogP contribution in [0.25, 0.3) is 0 Å². The summed E-state index contributed by atoms with van der Waals surface area (Å²) in [5.74, 6) is 2.28. The number of carbonyl (C=O) groups excluding carboxylic acids is 1. The number of aromatic nitrogens is 2. The molecule has 0 bridgehead atoms. The Bertz CT molecular complexity index is 853. The molecular formula is C23H31ClN4O2. The molecule has 1 atom stereocenters. The summed E-state index contributed by atoms with van der Waals surface area (Å²) < 4.78 is 5.89. The molecule has 0 aliphatic carbocycles. The van der Waals surface area contributed by atoms with Gasteiger partial charge in [-0.1, -0.05) is 44.4 Å². The van der Waals surface area contributed by atoms with Crippen LogP contribution in [0.4, 0.5) is 5.82 Å². The van der Waals surface area contributed by atoms with Crippen molar-refractivity contribution in [2.45, 2.75) is 46.5 Å². The van der Waals surface area contributed by atoms with Gasteiger partial charge < -0.3 is 14.5 Å². The van der Waals surface area contributed by atoms with Crippen molar-refractivity contribution in [3.05, 3.63) is 41.2 Å². The minimum atomic E-state index is 0.148. The Morgan fingerprint density at radius 3 is 2.63 bits per heavy atom. The van der Waals surface area contributed by atoms with Crippen molar-refractivity contribution in [1.29, 1.82) is 0 Å². The van der Waals surface area contributed by atoms with Crippen molar-refractivity contribution in [1.82, 2.24) is 14.9 Å². The number of aryl methyl sites for hydroxylation is 1. The number of unbranched alkanes of at least 4 members (excludes halogenated alkanes) is 1. The topological polar surface area (TPSA) is 58.6 Å². The van der Waals surface area contributed by atoms with Crippen LogP contribution < -0.4 is 9.64 Å². The van der Waals surface area contributed by atoms with Gasteiger partial charge in [-0.3, -0.25) is 4.79 Å². The summed E-state index contributed by atoms with van der Waals surface area (Å²) in [4.78, 5) is 25.6. The van der Waals surface area contributed by atoms with Gasteiger partial charge in [-0.05, 0) is 37.5 Å². The van der Waals surface area contributed by atoms with E-state index in [0.29, 0.717) is 35.6 Å². The molecule has 6 nitrogen and oxygen atoms in total. The van der Waals surface area contributed by atoms with E-state index >= 15 is 0 Å². The van der Waals surface area contributed by atoms with Crippen molar-refractivity contribution >= 4 is 23.3 Å². The Kier molecular flexibility index (Phi) is 7.91. The largest absolute Gasteiger partial charge is 0.437 e. The Labute approximate surface area is 184 Å². The Balaban J connectivity index is 1.61. The molecule has 1 unspecified atom stereocenters. The zero-order valence-corrected chi connectivity index (χ0v) is 18.9. The summed E-state index contributed by atoms with van der Waals surface area (Å²) in [6, 6.07) is 7.46. The molecule has 0 saturated carbocycles. The summed E-state index contributed by atoms with van der Waals surface area (Å²) in [6.07, 6.45) is 5.64. The average molecular weight is 431 g/mol. The third-order valence-electron chi connectivity index (χ3n) is 5.59. The van der Waals surface area contributed by atoms with Crippen LogP contribution in [0.5, 0.6) is 11.6 Å². The van der Waals surface area contributed by atoms with Gasteiger partial charge in [-0.25, -0.2) is 9.97 Å². The Morgan fingerprint density at radius 1 is 1.17 bits per heavy atom. The molecule has 162 valence electrons. The fourth-order valence-corrected chi connectivity index (χ4v) is 3.88. The summed E-state index contributed by atoms with van der Waals surface area (Å²) in [7, 11) is 0. The maximum atomic E-state index is 12.8. The number of rotatable bonds is 8. The summed E-state index contributed by atoms with van der Waals surface area (Å²) >= 11 is 6.23. The van der Waals surface area contributed by atoms with Gasteiger partial charge in [-0.15, -0.1) is 0 Å². The van der Waals surface area contributed by atoms with Crippen molar-refractivity contribution in [3.63, 3.8) is 0 Å². The highest BCUT2D eigenvalue weighted by Crippen LogP contribution is 2.30. The van der Waals surface area contributed by atoms with Gasteiger partial charge in [0.15, 0.2) is 0 Å². The molecule has 1 fully saturated rings. The quantitative estimate of drug-likeness (QED) is 0.583. The van der Waals surface area contributed by atoms with E-state index in [0.717, 1.165) is 50.2 Å². The van der Waals surface area contributed by atoms with Crippen LogP contribution in [0, 0.1) is 12.8 Å². The van der Waals surface area contributed by atoms with Gasteiger partial charge in [0.25, 0.3) is 0 Å². The maximum Gasteiger partial charge on any atom is 0.225 e. The second-order valence-electron chi connectivity index (χ2n) is 7.81. The SMILES string of the molecule is CCCCC(CC)C(=O)N1CCN(c2cc(Oc3cc(C)ccc3Cl)ncn2)CC1. The van der Waals surface area contributed by atoms with Crippen molar-refractivity contribution < 1.29 is 9.53 Å². The molecule has 7 heteroatoms. The van der Waals surface area contributed by atoms with E-state index in [4.69, 9.17) is 16.3 Å². The number of hydrogen-bond donors (Lipinski definition) is 0. The van der Waals surface area contributed by atoms with E-state index in [2.05, 4.69) is 28.7 Å². The zero-order valence-electron chi connectivity index (χ0n) is 18.1. The van der Waals surface area contributed by atoms with E-state index in [-0.39, 0.29) is 5.92 Å². The molecule has 1 aromatic carbocycles. The molecule has 1 saturated heterocycles. The third kappa shape index (κ3) is 5.63. The lowest BCUT2D eigenvalue weighted by atomic mass is 9.97. The number of nitrogens with zero attached hydrogens (tertiary/aromatic N) is 4. The predicted molar refractivity (Wildman–Crippen MR) is 120 cm³/mol. The number of piperazine rings is 1. The highest BCUT2D eigenvalue weighted by atomic mass is 35.5. The van der Waals surface area contributed by atoms with E-state index in [1.54, 1.807) is 0 Å². The molecule has 1 aliphatic rings. The summed E-state index contributed by atoms with van der Waals surface area (Å²) in [6.45, 7) is 9.19. The van der Waals surface area contributed by atoms with Gasteiger partial charge >= 0.3 is 0 Å². The molecule has 30 heavy (non-hydrogen) atoms.